The lowest BCUT2D eigenvalue weighted by atomic mass is 10.1. The van der Waals surface area contributed by atoms with E-state index in [1.807, 2.05) is 12.1 Å². The van der Waals surface area contributed by atoms with Gasteiger partial charge in [0.1, 0.15) is 0 Å². The van der Waals surface area contributed by atoms with Crippen molar-refractivity contribution in [3.63, 3.8) is 0 Å². The van der Waals surface area contributed by atoms with Crippen LogP contribution in [0.15, 0.2) is 41.0 Å². The predicted octanol–water partition coefficient (Wildman–Crippen LogP) is 2.44. The van der Waals surface area contributed by atoms with E-state index in [1.165, 1.54) is 13.2 Å². The van der Waals surface area contributed by atoms with Crippen LogP contribution in [0.3, 0.4) is 0 Å². The highest BCUT2D eigenvalue weighted by Crippen LogP contribution is 2.31. The molecule has 2 heterocycles. The molecule has 2 aromatic rings. The number of anilines is 2. The quantitative estimate of drug-likeness (QED) is 0.911. The number of benzene rings is 1. The third kappa shape index (κ3) is 2.18. The van der Waals surface area contributed by atoms with Crippen molar-refractivity contribution in [2.24, 2.45) is 0 Å². The molecule has 0 radical (unpaired) electrons. The van der Waals surface area contributed by atoms with Crippen LogP contribution < -0.4 is 10.2 Å². The topological polar surface area (TPSA) is 62.6 Å². The van der Waals surface area contributed by atoms with E-state index in [2.05, 4.69) is 5.32 Å². The second-order valence-electron chi connectivity index (χ2n) is 4.71. The first kappa shape index (κ1) is 12.5. The molecule has 1 aromatic carbocycles. The van der Waals surface area contributed by atoms with Gasteiger partial charge in [-0.1, -0.05) is 0 Å². The summed E-state index contributed by atoms with van der Waals surface area (Å²) in [5.41, 5.74) is 2.68. The minimum Gasteiger partial charge on any atom is -0.459 e. The first-order valence-electron chi connectivity index (χ1n) is 6.41. The summed E-state index contributed by atoms with van der Waals surface area (Å²) in [6.07, 6.45) is 2.26. The fourth-order valence-corrected chi connectivity index (χ4v) is 2.43. The van der Waals surface area contributed by atoms with Crippen LogP contribution in [0.5, 0.6) is 0 Å². The maximum atomic E-state index is 12.3. The van der Waals surface area contributed by atoms with Gasteiger partial charge in [0.25, 0.3) is 5.91 Å². The average molecular weight is 270 g/mol. The van der Waals surface area contributed by atoms with Crippen LogP contribution in [0.25, 0.3) is 0 Å². The summed E-state index contributed by atoms with van der Waals surface area (Å²) in [6.45, 7) is 2.10. The summed E-state index contributed by atoms with van der Waals surface area (Å²) in [7, 11) is 0. The normalized spacial score (nSPS) is 13.2. The van der Waals surface area contributed by atoms with E-state index < -0.39 is 0 Å². The summed E-state index contributed by atoms with van der Waals surface area (Å²) in [5.74, 6) is 0.0938. The molecule has 0 aliphatic carbocycles. The van der Waals surface area contributed by atoms with E-state index in [4.69, 9.17) is 4.42 Å². The van der Waals surface area contributed by atoms with Gasteiger partial charge in [-0.25, -0.2) is 0 Å². The van der Waals surface area contributed by atoms with Gasteiger partial charge in [0.2, 0.25) is 5.91 Å². The second-order valence-corrected chi connectivity index (χ2v) is 4.71. The molecular formula is C15H14N2O3. The zero-order chi connectivity index (χ0) is 14.1. The van der Waals surface area contributed by atoms with Crippen LogP contribution in [-0.2, 0) is 11.2 Å². The monoisotopic (exact) mass is 270 g/mol. The molecule has 5 nitrogen and oxygen atoms in total. The average Bonchev–Trinajstić information content (AvgIpc) is 3.06. The standard InChI is InChI=1S/C15H14N2O3/c1-10(18)16-12-4-5-13-11(9-12)6-7-17(13)15(19)14-3-2-8-20-14/h2-5,8-9H,6-7H2,1H3,(H,16,18). The number of furan rings is 1. The number of nitrogens with one attached hydrogen (secondary N) is 1. The summed E-state index contributed by atoms with van der Waals surface area (Å²) in [6, 6.07) is 8.92. The van der Waals surface area contributed by atoms with Gasteiger partial charge in [0.15, 0.2) is 5.76 Å². The number of hydrogen-bond acceptors (Lipinski definition) is 3. The largest absolute Gasteiger partial charge is 0.459 e. The molecule has 0 saturated carbocycles. The predicted molar refractivity (Wildman–Crippen MR) is 74.8 cm³/mol. The van der Waals surface area contributed by atoms with Gasteiger partial charge < -0.3 is 14.6 Å². The molecule has 0 spiro atoms. The lowest BCUT2D eigenvalue weighted by Crippen LogP contribution is -2.28. The molecule has 1 aliphatic heterocycles. The number of carbonyl (C=O) groups is 2. The minimum atomic E-state index is -0.138. The molecule has 5 heteroatoms. The van der Waals surface area contributed by atoms with Gasteiger partial charge >= 0.3 is 0 Å². The van der Waals surface area contributed by atoms with Gasteiger partial charge in [-0.05, 0) is 42.3 Å². The van der Waals surface area contributed by atoms with Crippen LogP contribution in [-0.4, -0.2) is 18.4 Å². The molecule has 0 atom stereocenters. The SMILES string of the molecule is CC(=O)Nc1ccc2c(c1)CCN2C(=O)c1ccco1. The highest BCUT2D eigenvalue weighted by molar-refractivity contribution is 6.05. The molecule has 1 N–H and O–H groups in total. The molecule has 20 heavy (non-hydrogen) atoms. The van der Waals surface area contributed by atoms with E-state index in [0.29, 0.717) is 12.3 Å². The Morgan fingerprint density at radius 2 is 2.15 bits per heavy atom. The summed E-state index contributed by atoms with van der Waals surface area (Å²) < 4.78 is 5.15. The van der Waals surface area contributed by atoms with E-state index in [-0.39, 0.29) is 11.8 Å². The van der Waals surface area contributed by atoms with Crippen molar-refractivity contribution in [1.82, 2.24) is 0 Å². The number of fused-ring (bicyclic) bond motifs is 1. The number of nitrogens with zero attached hydrogens (tertiary/aromatic N) is 1. The maximum absolute atomic E-state index is 12.3. The summed E-state index contributed by atoms with van der Waals surface area (Å²) in [4.78, 5) is 25.0. The van der Waals surface area contributed by atoms with E-state index >= 15 is 0 Å². The van der Waals surface area contributed by atoms with Gasteiger partial charge in [-0.3, -0.25) is 9.59 Å². The summed E-state index contributed by atoms with van der Waals surface area (Å²) in [5, 5.41) is 2.75. The number of hydrogen-bond donors (Lipinski definition) is 1. The molecule has 2 amide bonds. The third-order valence-electron chi connectivity index (χ3n) is 3.27. The zero-order valence-electron chi connectivity index (χ0n) is 11.1. The molecule has 0 fully saturated rings. The number of carbonyl (C=O) groups excluding carboxylic acids is 2. The summed E-state index contributed by atoms with van der Waals surface area (Å²) >= 11 is 0. The van der Waals surface area contributed by atoms with Crippen LogP contribution >= 0.6 is 0 Å². The fraction of sp³-hybridized carbons (Fsp3) is 0.200. The Bertz CT molecular complexity index is 662. The van der Waals surface area contributed by atoms with Crippen LogP contribution in [0, 0.1) is 0 Å². The smallest absolute Gasteiger partial charge is 0.293 e. The van der Waals surface area contributed by atoms with E-state index in [0.717, 1.165) is 23.4 Å². The van der Waals surface area contributed by atoms with Gasteiger partial charge in [-0.2, -0.15) is 0 Å². The Morgan fingerprint density at radius 1 is 1.30 bits per heavy atom. The van der Waals surface area contributed by atoms with Crippen molar-refractivity contribution in [3.05, 3.63) is 47.9 Å². The van der Waals surface area contributed by atoms with Crippen molar-refractivity contribution < 1.29 is 14.0 Å². The Morgan fingerprint density at radius 3 is 2.85 bits per heavy atom. The molecule has 1 aliphatic rings. The highest BCUT2D eigenvalue weighted by atomic mass is 16.3. The zero-order valence-corrected chi connectivity index (χ0v) is 11.1. The molecule has 1 aromatic heterocycles. The Hall–Kier alpha value is -2.56. The van der Waals surface area contributed by atoms with Crippen molar-refractivity contribution in [1.29, 1.82) is 0 Å². The number of rotatable bonds is 2. The second kappa shape index (κ2) is 4.85. The third-order valence-corrected chi connectivity index (χ3v) is 3.27. The molecule has 0 unspecified atom stereocenters. The molecular weight excluding hydrogens is 256 g/mol. The minimum absolute atomic E-state index is 0.105. The van der Waals surface area contributed by atoms with Crippen molar-refractivity contribution in [2.75, 3.05) is 16.8 Å². The van der Waals surface area contributed by atoms with Crippen molar-refractivity contribution in [3.8, 4) is 0 Å². The van der Waals surface area contributed by atoms with Crippen molar-refractivity contribution in [2.45, 2.75) is 13.3 Å². The van der Waals surface area contributed by atoms with Crippen LogP contribution in [0.2, 0.25) is 0 Å². The molecule has 3 rings (SSSR count). The molecule has 0 saturated heterocycles. The van der Waals surface area contributed by atoms with Crippen LogP contribution in [0.4, 0.5) is 11.4 Å². The van der Waals surface area contributed by atoms with Gasteiger partial charge in [0, 0.05) is 24.8 Å². The molecule has 0 bridgehead atoms. The first-order chi connectivity index (χ1) is 9.65. The van der Waals surface area contributed by atoms with Gasteiger partial charge in [-0.15, -0.1) is 0 Å². The van der Waals surface area contributed by atoms with E-state index in [1.54, 1.807) is 23.1 Å². The number of amides is 2. The maximum Gasteiger partial charge on any atom is 0.293 e. The van der Waals surface area contributed by atoms with Crippen LogP contribution in [0.1, 0.15) is 23.0 Å². The van der Waals surface area contributed by atoms with E-state index in [9.17, 15) is 9.59 Å². The Labute approximate surface area is 116 Å². The first-order valence-corrected chi connectivity index (χ1v) is 6.41. The Kier molecular flexibility index (Phi) is 3.02. The lowest BCUT2D eigenvalue weighted by Gasteiger charge is -2.16. The Balaban J connectivity index is 1.87. The molecule has 102 valence electrons. The fourth-order valence-electron chi connectivity index (χ4n) is 2.43. The lowest BCUT2D eigenvalue weighted by molar-refractivity contribution is -0.114. The highest BCUT2D eigenvalue weighted by Gasteiger charge is 2.27. The van der Waals surface area contributed by atoms with Crippen molar-refractivity contribution >= 4 is 23.2 Å². The van der Waals surface area contributed by atoms with Gasteiger partial charge in [0.05, 0.1) is 6.26 Å².